The number of fused-ring (bicyclic) bond motifs is 1. The van der Waals surface area contributed by atoms with E-state index in [9.17, 15) is 0 Å². The number of aromatic nitrogens is 4. The second-order valence-electron chi connectivity index (χ2n) is 5.20. The van der Waals surface area contributed by atoms with Crippen molar-refractivity contribution in [1.29, 1.82) is 0 Å². The van der Waals surface area contributed by atoms with Gasteiger partial charge in [-0.2, -0.15) is 5.10 Å². The van der Waals surface area contributed by atoms with Gasteiger partial charge in [-0.15, -0.1) is 0 Å². The average Bonchev–Trinajstić information content (AvgIpc) is 2.75. The summed E-state index contributed by atoms with van der Waals surface area (Å²) in [7, 11) is 3.67. The van der Waals surface area contributed by atoms with Crippen LogP contribution in [0.1, 0.15) is 25.7 Å². The molecule has 2 heterocycles. The molecule has 1 N–H and O–H groups in total. The lowest BCUT2D eigenvalue weighted by molar-refractivity contribution is 0.0669. The Morgan fingerprint density at radius 2 is 2.25 bits per heavy atom. The Morgan fingerprint density at radius 1 is 1.40 bits per heavy atom. The van der Waals surface area contributed by atoms with Gasteiger partial charge in [0.2, 0.25) is 0 Å². The number of nitrogens with one attached hydrogen (secondary N) is 1. The van der Waals surface area contributed by atoms with Gasteiger partial charge < -0.3 is 10.1 Å². The van der Waals surface area contributed by atoms with Crippen LogP contribution < -0.4 is 5.32 Å². The third-order valence-corrected chi connectivity index (χ3v) is 4.43. The Labute approximate surface area is 126 Å². The fourth-order valence-corrected chi connectivity index (χ4v) is 3.44. The molecule has 3 rings (SSSR count). The topological polar surface area (TPSA) is 64.9 Å². The largest absolute Gasteiger partial charge is 0.381 e. The summed E-state index contributed by atoms with van der Waals surface area (Å²) in [6, 6.07) is 0.388. The molecule has 108 valence electrons. The van der Waals surface area contributed by atoms with Crippen LogP contribution in [0.5, 0.6) is 0 Å². The number of hydrogen-bond acceptors (Lipinski definition) is 5. The molecular weight excluding hydrogens is 322 g/mol. The number of rotatable bonds is 3. The smallest absolute Gasteiger partial charge is 0.164 e. The monoisotopic (exact) mass is 339 g/mol. The Balaban J connectivity index is 1.87. The van der Waals surface area contributed by atoms with E-state index >= 15 is 0 Å². The number of hydrogen-bond donors (Lipinski definition) is 1. The van der Waals surface area contributed by atoms with Crippen LogP contribution in [0.3, 0.4) is 0 Å². The normalized spacial score (nSPS) is 23.1. The van der Waals surface area contributed by atoms with Crippen molar-refractivity contribution in [2.24, 2.45) is 7.05 Å². The van der Waals surface area contributed by atoms with Crippen molar-refractivity contribution in [3.63, 3.8) is 0 Å². The Bertz CT molecular complexity index is 614. The lowest BCUT2D eigenvalue weighted by Gasteiger charge is -2.29. The Hall–Kier alpha value is -1.21. The minimum atomic E-state index is 0.343. The van der Waals surface area contributed by atoms with Gasteiger partial charge in [-0.25, -0.2) is 14.6 Å². The minimum absolute atomic E-state index is 0.343. The summed E-state index contributed by atoms with van der Waals surface area (Å²) in [6.07, 6.45) is 6.40. The molecule has 20 heavy (non-hydrogen) atoms. The number of ether oxygens (including phenoxy) is 1. The van der Waals surface area contributed by atoms with Gasteiger partial charge in [0.25, 0.3) is 0 Å². The van der Waals surface area contributed by atoms with E-state index in [0.29, 0.717) is 12.1 Å². The van der Waals surface area contributed by atoms with E-state index in [1.807, 2.05) is 7.05 Å². The van der Waals surface area contributed by atoms with E-state index in [1.165, 1.54) is 6.42 Å². The molecule has 1 fully saturated rings. The molecule has 0 saturated heterocycles. The maximum atomic E-state index is 5.48. The summed E-state index contributed by atoms with van der Waals surface area (Å²) < 4.78 is 8.01. The second kappa shape index (κ2) is 5.65. The highest BCUT2D eigenvalue weighted by molar-refractivity contribution is 9.10. The van der Waals surface area contributed by atoms with Gasteiger partial charge in [0.15, 0.2) is 5.65 Å². The van der Waals surface area contributed by atoms with E-state index in [-0.39, 0.29) is 0 Å². The first-order valence-electron chi connectivity index (χ1n) is 6.81. The Kier molecular flexibility index (Phi) is 3.89. The predicted octanol–water partition coefficient (Wildman–Crippen LogP) is 2.50. The van der Waals surface area contributed by atoms with Crippen molar-refractivity contribution < 1.29 is 4.74 Å². The molecule has 1 aliphatic carbocycles. The molecule has 7 heteroatoms. The highest BCUT2D eigenvalue weighted by Crippen LogP contribution is 2.29. The number of aryl methyl sites for hydroxylation is 1. The maximum absolute atomic E-state index is 5.48. The number of methoxy groups -OCH3 is 1. The fraction of sp³-hybridized carbons (Fsp3) is 0.615. The van der Waals surface area contributed by atoms with Crippen LogP contribution in [0, 0.1) is 0 Å². The molecule has 1 saturated carbocycles. The van der Waals surface area contributed by atoms with Gasteiger partial charge in [-0.3, -0.25) is 0 Å². The van der Waals surface area contributed by atoms with Crippen LogP contribution in [0.4, 0.5) is 5.82 Å². The van der Waals surface area contributed by atoms with Crippen LogP contribution in [0.15, 0.2) is 10.9 Å². The first-order chi connectivity index (χ1) is 9.69. The van der Waals surface area contributed by atoms with Gasteiger partial charge in [-0.05, 0) is 41.6 Å². The van der Waals surface area contributed by atoms with E-state index < -0.39 is 0 Å². The number of halogens is 1. The van der Waals surface area contributed by atoms with E-state index in [1.54, 1.807) is 18.1 Å². The standard InChI is InChI=1S/C13H18BrN5O/c1-19-13-10(11(14)18-19)12(15-7-16-13)17-8-4-3-5-9(6-8)20-2/h7-9H,3-6H2,1-2H3,(H,15,16,17). The molecule has 1 aliphatic rings. The summed E-state index contributed by atoms with van der Waals surface area (Å²) in [5.41, 5.74) is 0.827. The zero-order chi connectivity index (χ0) is 14.1. The molecule has 0 spiro atoms. The molecule has 0 aliphatic heterocycles. The van der Waals surface area contributed by atoms with Gasteiger partial charge in [0.1, 0.15) is 16.7 Å². The molecule has 0 bridgehead atoms. The summed E-state index contributed by atoms with van der Waals surface area (Å²) in [5.74, 6) is 0.844. The molecule has 2 aromatic heterocycles. The summed E-state index contributed by atoms with van der Waals surface area (Å²) in [6.45, 7) is 0. The second-order valence-corrected chi connectivity index (χ2v) is 5.95. The van der Waals surface area contributed by atoms with Crippen molar-refractivity contribution in [2.75, 3.05) is 12.4 Å². The van der Waals surface area contributed by atoms with Crippen molar-refractivity contribution in [3.8, 4) is 0 Å². The number of anilines is 1. The van der Waals surface area contributed by atoms with Gasteiger partial charge in [-0.1, -0.05) is 0 Å². The van der Waals surface area contributed by atoms with Crippen molar-refractivity contribution in [2.45, 2.75) is 37.8 Å². The lowest BCUT2D eigenvalue weighted by Crippen LogP contribution is -2.31. The average molecular weight is 340 g/mol. The zero-order valence-electron chi connectivity index (χ0n) is 11.6. The SMILES string of the molecule is COC1CCCC(Nc2ncnc3c2c(Br)nn3C)C1. The first kappa shape index (κ1) is 13.8. The lowest BCUT2D eigenvalue weighted by atomic mass is 9.93. The van der Waals surface area contributed by atoms with Crippen molar-refractivity contribution >= 4 is 32.8 Å². The molecule has 6 nitrogen and oxygen atoms in total. The molecule has 2 aromatic rings. The van der Waals surface area contributed by atoms with Crippen LogP contribution in [-0.2, 0) is 11.8 Å². The summed E-state index contributed by atoms with van der Waals surface area (Å²) in [5, 5.41) is 8.81. The number of nitrogens with zero attached hydrogens (tertiary/aromatic N) is 4. The predicted molar refractivity (Wildman–Crippen MR) is 80.7 cm³/mol. The maximum Gasteiger partial charge on any atom is 0.164 e. The quantitative estimate of drug-likeness (QED) is 0.930. The van der Waals surface area contributed by atoms with Crippen LogP contribution >= 0.6 is 15.9 Å². The van der Waals surface area contributed by atoms with Gasteiger partial charge in [0, 0.05) is 20.2 Å². The van der Waals surface area contributed by atoms with E-state index in [4.69, 9.17) is 4.74 Å². The van der Waals surface area contributed by atoms with Crippen LogP contribution in [0.2, 0.25) is 0 Å². The summed E-state index contributed by atoms with van der Waals surface area (Å²) in [4.78, 5) is 8.66. The molecule has 0 radical (unpaired) electrons. The Morgan fingerprint density at radius 3 is 3.05 bits per heavy atom. The third kappa shape index (κ3) is 2.52. The fourth-order valence-electron chi connectivity index (χ4n) is 2.83. The highest BCUT2D eigenvalue weighted by atomic mass is 79.9. The van der Waals surface area contributed by atoms with Gasteiger partial charge in [0.05, 0.1) is 11.5 Å². The zero-order valence-corrected chi connectivity index (χ0v) is 13.2. The van der Waals surface area contributed by atoms with Crippen LogP contribution in [-0.4, -0.2) is 39.0 Å². The van der Waals surface area contributed by atoms with Crippen LogP contribution in [0.25, 0.3) is 11.0 Å². The molecule has 2 atom stereocenters. The molecule has 2 unspecified atom stereocenters. The highest BCUT2D eigenvalue weighted by Gasteiger charge is 2.23. The summed E-state index contributed by atoms with van der Waals surface area (Å²) >= 11 is 3.48. The first-order valence-corrected chi connectivity index (χ1v) is 7.61. The molecule has 0 aromatic carbocycles. The van der Waals surface area contributed by atoms with E-state index in [2.05, 4.69) is 36.3 Å². The van der Waals surface area contributed by atoms with Crippen molar-refractivity contribution in [3.05, 3.63) is 10.9 Å². The molecule has 0 amide bonds. The molecular formula is C13H18BrN5O. The third-order valence-electron chi connectivity index (χ3n) is 3.88. The van der Waals surface area contributed by atoms with Gasteiger partial charge >= 0.3 is 0 Å². The van der Waals surface area contributed by atoms with E-state index in [0.717, 1.165) is 40.7 Å². The minimum Gasteiger partial charge on any atom is -0.381 e. The van der Waals surface area contributed by atoms with Crippen molar-refractivity contribution in [1.82, 2.24) is 19.7 Å².